The minimum atomic E-state index is -0.321. The molecule has 0 radical (unpaired) electrons. The number of hydrogen-bond donors (Lipinski definition) is 2. The molecule has 3 N–H and O–H groups in total. The zero-order valence-electron chi connectivity index (χ0n) is 15.7. The predicted molar refractivity (Wildman–Crippen MR) is 107 cm³/mol. The summed E-state index contributed by atoms with van der Waals surface area (Å²) in [5.74, 6) is -0.259. The Balaban J connectivity index is 1.52. The predicted octanol–water partition coefficient (Wildman–Crippen LogP) is 3.20. The molecule has 1 fully saturated rings. The molecule has 2 aromatic carbocycles. The van der Waals surface area contributed by atoms with E-state index in [1.165, 1.54) is 0 Å². The van der Waals surface area contributed by atoms with E-state index in [0.717, 1.165) is 11.3 Å². The quantitative estimate of drug-likeness (QED) is 0.854. The molecule has 2 atom stereocenters. The summed E-state index contributed by atoms with van der Waals surface area (Å²) in [5.41, 5.74) is 8.07. The maximum Gasteiger partial charge on any atom is 0.227 e. The van der Waals surface area contributed by atoms with Crippen LogP contribution in [-0.2, 0) is 9.59 Å². The molecule has 0 bridgehead atoms. The Bertz CT molecular complexity index is 756. The number of carbonyl (C=O) groups is 2. The van der Waals surface area contributed by atoms with Gasteiger partial charge in [0.25, 0.3) is 0 Å². The normalized spacial score (nSPS) is 17.2. The number of anilines is 1. The molecule has 1 heterocycles. The van der Waals surface area contributed by atoms with E-state index < -0.39 is 0 Å². The van der Waals surface area contributed by atoms with Gasteiger partial charge >= 0.3 is 0 Å². The molecule has 142 valence electrons. The standard InChI is InChI=1S/C22H27N3O2/c1-16(20(23)17-8-4-2-5-9-17)22(27)25-14-12-18(13-15-25)21(26)24-19-10-6-3-7-11-19/h2-11,16,18,20H,12-15,23H2,1H3,(H,24,26). The Labute approximate surface area is 160 Å². The zero-order chi connectivity index (χ0) is 19.2. The Morgan fingerprint density at radius 3 is 2.15 bits per heavy atom. The fourth-order valence-electron chi connectivity index (χ4n) is 3.53. The monoisotopic (exact) mass is 365 g/mol. The van der Waals surface area contributed by atoms with Crippen molar-refractivity contribution in [2.75, 3.05) is 18.4 Å². The second-order valence-electron chi connectivity index (χ2n) is 7.18. The number of likely N-dealkylation sites (tertiary alicyclic amines) is 1. The molecule has 2 aromatic rings. The molecule has 2 unspecified atom stereocenters. The van der Waals surface area contributed by atoms with Crippen LogP contribution < -0.4 is 11.1 Å². The number of nitrogens with zero attached hydrogens (tertiary/aromatic N) is 1. The molecule has 2 amide bonds. The molecule has 5 nitrogen and oxygen atoms in total. The summed E-state index contributed by atoms with van der Waals surface area (Å²) in [7, 11) is 0. The van der Waals surface area contributed by atoms with Crippen molar-refractivity contribution < 1.29 is 9.59 Å². The minimum absolute atomic E-state index is 0.0299. The fourth-order valence-corrected chi connectivity index (χ4v) is 3.53. The van der Waals surface area contributed by atoms with Crippen LogP contribution >= 0.6 is 0 Å². The van der Waals surface area contributed by atoms with Crippen LogP contribution in [0.1, 0.15) is 31.4 Å². The summed E-state index contributed by atoms with van der Waals surface area (Å²) < 4.78 is 0. The molecule has 0 spiro atoms. The molecule has 0 aromatic heterocycles. The molecule has 5 heteroatoms. The Morgan fingerprint density at radius 2 is 1.56 bits per heavy atom. The fraction of sp³-hybridized carbons (Fsp3) is 0.364. The highest BCUT2D eigenvalue weighted by molar-refractivity contribution is 5.92. The van der Waals surface area contributed by atoms with Crippen LogP contribution in [0.15, 0.2) is 60.7 Å². The largest absolute Gasteiger partial charge is 0.342 e. The van der Waals surface area contributed by atoms with Gasteiger partial charge in [-0.05, 0) is 30.5 Å². The second kappa shape index (κ2) is 8.82. The average molecular weight is 365 g/mol. The minimum Gasteiger partial charge on any atom is -0.342 e. The molecule has 1 aliphatic rings. The van der Waals surface area contributed by atoms with E-state index >= 15 is 0 Å². The highest BCUT2D eigenvalue weighted by atomic mass is 16.2. The molecular weight excluding hydrogens is 338 g/mol. The van der Waals surface area contributed by atoms with Crippen molar-refractivity contribution in [1.82, 2.24) is 4.90 Å². The van der Waals surface area contributed by atoms with Crippen molar-refractivity contribution in [1.29, 1.82) is 0 Å². The summed E-state index contributed by atoms with van der Waals surface area (Å²) in [5, 5.41) is 2.96. The number of carbonyl (C=O) groups excluding carboxylic acids is 2. The number of hydrogen-bond acceptors (Lipinski definition) is 3. The van der Waals surface area contributed by atoms with Gasteiger partial charge in [0, 0.05) is 30.7 Å². The van der Waals surface area contributed by atoms with Gasteiger partial charge in [-0.1, -0.05) is 55.5 Å². The van der Waals surface area contributed by atoms with E-state index in [-0.39, 0.29) is 29.7 Å². The molecule has 3 rings (SSSR count). The number of piperidine rings is 1. The van der Waals surface area contributed by atoms with E-state index in [9.17, 15) is 9.59 Å². The topological polar surface area (TPSA) is 75.4 Å². The molecular formula is C22H27N3O2. The first-order valence-electron chi connectivity index (χ1n) is 9.51. The van der Waals surface area contributed by atoms with E-state index in [1.54, 1.807) is 0 Å². The summed E-state index contributed by atoms with van der Waals surface area (Å²) in [6.45, 7) is 3.07. The van der Waals surface area contributed by atoms with Crippen LogP contribution in [-0.4, -0.2) is 29.8 Å². The summed E-state index contributed by atoms with van der Waals surface area (Å²) >= 11 is 0. The van der Waals surface area contributed by atoms with E-state index in [1.807, 2.05) is 72.5 Å². The first-order chi connectivity index (χ1) is 13.1. The number of para-hydroxylation sites is 1. The van der Waals surface area contributed by atoms with Crippen LogP contribution in [0.3, 0.4) is 0 Å². The lowest BCUT2D eigenvalue weighted by atomic mass is 9.91. The van der Waals surface area contributed by atoms with Crippen molar-refractivity contribution >= 4 is 17.5 Å². The Morgan fingerprint density at radius 1 is 1.00 bits per heavy atom. The van der Waals surface area contributed by atoms with Crippen molar-refractivity contribution in [2.24, 2.45) is 17.6 Å². The lowest BCUT2D eigenvalue weighted by molar-refractivity contribution is -0.138. The zero-order valence-corrected chi connectivity index (χ0v) is 15.7. The molecule has 1 aliphatic heterocycles. The maximum absolute atomic E-state index is 12.8. The third-order valence-corrected chi connectivity index (χ3v) is 5.33. The van der Waals surface area contributed by atoms with E-state index in [0.29, 0.717) is 25.9 Å². The number of nitrogens with two attached hydrogens (primary N) is 1. The van der Waals surface area contributed by atoms with Crippen molar-refractivity contribution in [2.45, 2.75) is 25.8 Å². The van der Waals surface area contributed by atoms with Gasteiger partial charge in [0.2, 0.25) is 11.8 Å². The number of nitrogens with one attached hydrogen (secondary N) is 1. The van der Waals surface area contributed by atoms with Crippen molar-refractivity contribution in [3.63, 3.8) is 0 Å². The first kappa shape index (κ1) is 19.1. The Hall–Kier alpha value is -2.66. The lowest BCUT2D eigenvalue weighted by Gasteiger charge is -2.34. The molecule has 0 aliphatic carbocycles. The highest BCUT2D eigenvalue weighted by Crippen LogP contribution is 2.25. The van der Waals surface area contributed by atoms with Gasteiger partial charge < -0.3 is 16.0 Å². The SMILES string of the molecule is CC(C(=O)N1CCC(C(=O)Nc2ccccc2)CC1)C(N)c1ccccc1. The molecule has 27 heavy (non-hydrogen) atoms. The van der Waals surface area contributed by atoms with Crippen molar-refractivity contribution in [3.8, 4) is 0 Å². The number of benzene rings is 2. The highest BCUT2D eigenvalue weighted by Gasteiger charge is 2.31. The van der Waals surface area contributed by atoms with Gasteiger partial charge in [-0.3, -0.25) is 9.59 Å². The van der Waals surface area contributed by atoms with Crippen LogP contribution in [0.5, 0.6) is 0 Å². The summed E-state index contributed by atoms with van der Waals surface area (Å²) in [6, 6.07) is 18.9. The summed E-state index contributed by atoms with van der Waals surface area (Å²) in [6.07, 6.45) is 1.36. The number of rotatable bonds is 5. The number of amides is 2. The van der Waals surface area contributed by atoms with Crippen LogP contribution in [0.4, 0.5) is 5.69 Å². The average Bonchev–Trinajstić information content (AvgIpc) is 2.73. The van der Waals surface area contributed by atoms with Crippen LogP contribution in [0.25, 0.3) is 0 Å². The molecule has 1 saturated heterocycles. The third-order valence-electron chi connectivity index (χ3n) is 5.33. The van der Waals surface area contributed by atoms with E-state index in [4.69, 9.17) is 5.73 Å². The van der Waals surface area contributed by atoms with Crippen LogP contribution in [0, 0.1) is 11.8 Å². The lowest BCUT2D eigenvalue weighted by Crippen LogP contribution is -2.45. The third kappa shape index (κ3) is 4.74. The van der Waals surface area contributed by atoms with Crippen LogP contribution in [0.2, 0.25) is 0 Å². The smallest absolute Gasteiger partial charge is 0.227 e. The van der Waals surface area contributed by atoms with E-state index in [2.05, 4.69) is 5.32 Å². The van der Waals surface area contributed by atoms with Gasteiger partial charge in [0.1, 0.15) is 0 Å². The Kier molecular flexibility index (Phi) is 6.24. The maximum atomic E-state index is 12.8. The molecule has 0 saturated carbocycles. The van der Waals surface area contributed by atoms with Gasteiger partial charge in [0.15, 0.2) is 0 Å². The van der Waals surface area contributed by atoms with Gasteiger partial charge in [-0.25, -0.2) is 0 Å². The van der Waals surface area contributed by atoms with Gasteiger partial charge in [0.05, 0.1) is 5.92 Å². The van der Waals surface area contributed by atoms with Crippen molar-refractivity contribution in [3.05, 3.63) is 66.2 Å². The second-order valence-corrected chi connectivity index (χ2v) is 7.18. The van der Waals surface area contributed by atoms with Gasteiger partial charge in [-0.2, -0.15) is 0 Å². The first-order valence-corrected chi connectivity index (χ1v) is 9.51. The summed E-state index contributed by atoms with van der Waals surface area (Å²) in [4.78, 5) is 27.1. The van der Waals surface area contributed by atoms with Gasteiger partial charge in [-0.15, -0.1) is 0 Å².